The van der Waals surface area contributed by atoms with Gasteiger partial charge in [0.25, 0.3) is 0 Å². The molecule has 1 atom stereocenters. The summed E-state index contributed by atoms with van der Waals surface area (Å²) in [5, 5.41) is 10.0. The van der Waals surface area contributed by atoms with Crippen molar-refractivity contribution in [1.29, 1.82) is 0 Å². The van der Waals surface area contributed by atoms with Gasteiger partial charge in [-0.2, -0.15) is 11.8 Å². The van der Waals surface area contributed by atoms with Crippen molar-refractivity contribution in [2.45, 2.75) is 25.4 Å². The highest BCUT2D eigenvalue weighted by molar-refractivity contribution is 7.98. The molecule has 1 aromatic heterocycles. The van der Waals surface area contributed by atoms with Crippen LogP contribution < -0.4 is 0 Å². The molecule has 0 aliphatic rings. The topological polar surface area (TPSA) is 38.1 Å². The Labute approximate surface area is 112 Å². The first-order chi connectivity index (χ1) is 8.72. The zero-order valence-electron chi connectivity index (χ0n) is 11.0. The van der Waals surface area contributed by atoms with Gasteiger partial charge in [0.05, 0.1) is 17.1 Å². The van der Waals surface area contributed by atoms with E-state index in [1.54, 1.807) is 0 Å². The lowest BCUT2D eigenvalue weighted by atomic mass is 10.1. The average Bonchev–Trinajstić information content (AvgIpc) is 2.67. The molecule has 1 heterocycles. The summed E-state index contributed by atoms with van der Waals surface area (Å²) in [6.45, 7) is 0. The summed E-state index contributed by atoms with van der Waals surface area (Å²) in [6, 6.07) is 8.08. The first kappa shape index (κ1) is 13.4. The molecular formula is C14H20N2OS. The van der Waals surface area contributed by atoms with E-state index >= 15 is 0 Å². The second kappa shape index (κ2) is 6.25. The van der Waals surface area contributed by atoms with Crippen LogP contribution >= 0.6 is 11.8 Å². The molecule has 4 heteroatoms. The smallest absolute Gasteiger partial charge is 0.112 e. The standard InChI is InChI=1S/C14H20N2OS/c1-16-13-8-4-3-7-12(13)15-14(16)10-11(17)6-5-9-18-2/h3-4,7-8,11,17H,5-6,9-10H2,1-2H3. The summed E-state index contributed by atoms with van der Waals surface area (Å²) in [5.74, 6) is 2.08. The molecule has 3 nitrogen and oxygen atoms in total. The van der Waals surface area contributed by atoms with E-state index in [0.717, 1.165) is 35.5 Å². The van der Waals surface area contributed by atoms with E-state index in [1.807, 2.05) is 37.0 Å². The van der Waals surface area contributed by atoms with E-state index in [4.69, 9.17) is 0 Å². The molecule has 0 aliphatic carbocycles. The Balaban J connectivity index is 2.05. The number of hydrogen-bond acceptors (Lipinski definition) is 3. The fourth-order valence-electron chi connectivity index (χ4n) is 2.15. The van der Waals surface area contributed by atoms with E-state index in [2.05, 4.69) is 21.9 Å². The summed E-state index contributed by atoms with van der Waals surface area (Å²) in [7, 11) is 2.01. The molecule has 0 bridgehead atoms. The Bertz CT molecular complexity index is 509. The molecule has 0 radical (unpaired) electrons. The Morgan fingerprint density at radius 2 is 2.17 bits per heavy atom. The van der Waals surface area contributed by atoms with Crippen molar-refractivity contribution in [3.63, 3.8) is 0 Å². The maximum Gasteiger partial charge on any atom is 0.112 e. The zero-order valence-corrected chi connectivity index (χ0v) is 11.8. The van der Waals surface area contributed by atoms with Gasteiger partial charge >= 0.3 is 0 Å². The molecule has 18 heavy (non-hydrogen) atoms. The first-order valence-electron chi connectivity index (χ1n) is 6.29. The number of thioether (sulfide) groups is 1. The molecule has 0 amide bonds. The van der Waals surface area contributed by atoms with Crippen molar-refractivity contribution in [3.8, 4) is 0 Å². The third-order valence-electron chi connectivity index (χ3n) is 3.18. The number of imidazole rings is 1. The molecule has 2 rings (SSSR count). The number of nitrogens with zero attached hydrogens (tertiary/aromatic N) is 2. The fourth-order valence-corrected chi connectivity index (χ4v) is 2.61. The van der Waals surface area contributed by atoms with Crippen molar-refractivity contribution >= 4 is 22.8 Å². The van der Waals surface area contributed by atoms with E-state index in [1.165, 1.54) is 0 Å². The number of aliphatic hydroxyl groups excluding tert-OH is 1. The molecule has 0 aliphatic heterocycles. The van der Waals surface area contributed by atoms with Gasteiger partial charge in [-0.3, -0.25) is 0 Å². The Kier molecular flexibility index (Phi) is 4.66. The lowest BCUT2D eigenvalue weighted by molar-refractivity contribution is 0.161. The Hall–Kier alpha value is -1.00. The normalized spacial score (nSPS) is 13.1. The number of benzene rings is 1. The average molecular weight is 264 g/mol. The van der Waals surface area contributed by atoms with E-state index in [-0.39, 0.29) is 6.10 Å². The molecule has 98 valence electrons. The van der Waals surface area contributed by atoms with Gasteiger partial charge in [0.1, 0.15) is 5.82 Å². The maximum atomic E-state index is 10.0. The van der Waals surface area contributed by atoms with Crippen LogP contribution in [0.15, 0.2) is 24.3 Å². The van der Waals surface area contributed by atoms with Crippen molar-refractivity contribution in [2.75, 3.05) is 12.0 Å². The third kappa shape index (κ3) is 3.06. The second-order valence-corrected chi connectivity index (χ2v) is 5.55. The van der Waals surface area contributed by atoms with Crippen molar-refractivity contribution in [2.24, 2.45) is 7.05 Å². The fraction of sp³-hybridized carbons (Fsp3) is 0.500. The predicted molar refractivity (Wildman–Crippen MR) is 78.0 cm³/mol. The van der Waals surface area contributed by atoms with Crippen LogP contribution in [0.1, 0.15) is 18.7 Å². The third-order valence-corrected chi connectivity index (χ3v) is 3.88. The zero-order chi connectivity index (χ0) is 13.0. The van der Waals surface area contributed by atoms with E-state index in [0.29, 0.717) is 6.42 Å². The minimum Gasteiger partial charge on any atom is -0.393 e. The SMILES string of the molecule is CSCCCC(O)Cc1nc2ccccc2n1C. The lowest BCUT2D eigenvalue weighted by Gasteiger charge is -2.09. The number of aryl methyl sites for hydroxylation is 1. The second-order valence-electron chi connectivity index (χ2n) is 4.57. The number of aromatic nitrogens is 2. The van der Waals surface area contributed by atoms with E-state index in [9.17, 15) is 5.11 Å². The van der Waals surface area contributed by atoms with Crippen LogP contribution in [-0.2, 0) is 13.5 Å². The highest BCUT2D eigenvalue weighted by Crippen LogP contribution is 2.16. The first-order valence-corrected chi connectivity index (χ1v) is 7.69. The maximum absolute atomic E-state index is 10.0. The van der Waals surface area contributed by atoms with Crippen molar-refractivity contribution < 1.29 is 5.11 Å². The number of aliphatic hydroxyl groups is 1. The van der Waals surface area contributed by atoms with Crippen LogP contribution in [0.25, 0.3) is 11.0 Å². The molecule has 1 unspecified atom stereocenters. The van der Waals surface area contributed by atoms with Crippen LogP contribution in [0.3, 0.4) is 0 Å². The van der Waals surface area contributed by atoms with Crippen molar-refractivity contribution in [3.05, 3.63) is 30.1 Å². The largest absolute Gasteiger partial charge is 0.393 e. The van der Waals surface area contributed by atoms with Crippen LogP contribution in [0.4, 0.5) is 0 Å². The molecule has 0 fully saturated rings. The van der Waals surface area contributed by atoms with Gasteiger partial charge in [-0.15, -0.1) is 0 Å². The predicted octanol–water partition coefficient (Wildman–Crippen LogP) is 2.62. The van der Waals surface area contributed by atoms with Crippen LogP contribution in [-0.4, -0.2) is 32.8 Å². The van der Waals surface area contributed by atoms with Gasteiger partial charge in [0, 0.05) is 13.5 Å². The van der Waals surface area contributed by atoms with Crippen LogP contribution in [0.2, 0.25) is 0 Å². The summed E-state index contributed by atoms with van der Waals surface area (Å²) < 4.78 is 2.08. The Morgan fingerprint density at radius 1 is 1.39 bits per heavy atom. The van der Waals surface area contributed by atoms with E-state index < -0.39 is 0 Å². The molecule has 0 saturated heterocycles. The van der Waals surface area contributed by atoms with Gasteiger partial charge in [-0.1, -0.05) is 12.1 Å². The number of rotatable bonds is 6. The molecule has 1 N–H and O–H groups in total. The molecule has 1 aromatic carbocycles. The highest BCUT2D eigenvalue weighted by atomic mass is 32.2. The van der Waals surface area contributed by atoms with Crippen LogP contribution in [0, 0.1) is 0 Å². The van der Waals surface area contributed by atoms with Gasteiger partial charge in [-0.05, 0) is 37.0 Å². The monoisotopic (exact) mass is 264 g/mol. The Morgan fingerprint density at radius 3 is 2.89 bits per heavy atom. The molecule has 0 saturated carbocycles. The number of fused-ring (bicyclic) bond motifs is 1. The summed E-state index contributed by atoms with van der Waals surface area (Å²) in [6.07, 6.45) is 4.36. The molecular weight excluding hydrogens is 244 g/mol. The van der Waals surface area contributed by atoms with Crippen LogP contribution in [0.5, 0.6) is 0 Å². The molecule has 2 aromatic rings. The minimum atomic E-state index is -0.285. The molecule has 0 spiro atoms. The van der Waals surface area contributed by atoms with Gasteiger partial charge in [-0.25, -0.2) is 4.98 Å². The number of para-hydroxylation sites is 2. The van der Waals surface area contributed by atoms with Gasteiger partial charge in [0.2, 0.25) is 0 Å². The van der Waals surface area contributed by atoms with Crippen molar-refractivity contribution in [1.82, 2.24) is 9.55 Å². The quantitative estimate of drug-likeness (QED) is 0.815. The lowest BCUT2D eigenvalue weighted by Crippen LogP contribution is -2.14. The summed E-state index contributed by atoms with van der Waals surface area (Å²) >= 11 is 1.82. The van der Waals surface area contributed by atoms with Gasteiger partial charge in [0.15, 0.2) is 0 Å². The summed E-state index contributed by atoms with van der Waals surface area (Å²) in [5.41, 5.74) is 2.13. The van der Waals surface area contributed by atoms with Gasteiger partial charge < -0.3 is 9.67 Å². The summed E-state index contributed by atoms with van der Waals surface area (Å²) in [4.78, 5) is 4.58. The minimum absolute atomic E-state index is 0.285. The highest BCUT2D eigenvalue weighted by Gasteiger charge is 2.12. The number of hydrogen-bond donors (Lipinski definition) is 1.